The number of ether oxygens (including phenoxy) is 1. The first kappa shape index (κ1) is 26.6. The molecule has 3 rings (SSSR count). The number of halogens is 2. The van der Waals surface area contributed by atoms with Crippen LogP contribution in [0.1, 0.15) is 28.2 Å². The van der Waals surface area contributed by atoms with Crippen molar-refractivity contribution in [2.24, 2.45) is 5.10 Å². The number of alkyl halides is 2. The van der Waals surface area contributed by atoms with Gasteiger partial charge in [0.1, 0.15) is 5.75 Å². The summed E-state index contributed by atoms with van der Waals surface area (Å²) in [7, 11) is 1.64. The average molecular weight is 512 g/mol. The maximum Gasteiger partial charge on any atom is 0.247 e. The summed E-state index contributed by atoms with van der Waals surface area (Å²) >= 11 is 11.9. The predicted molar refractivity (Wildman–Crippen MR) is 146 cm³/mol. The lowest BCUT2D eigenvalue weighted by Gasteiger charge is -2.23. The van der Waals surface area contributed by atoms with Crippen LogP contribution in [0.2, 0.25) is 0 Å². The van der Waals surface area contributed by atoms with Gasteiger partial charge in [-0.3, -0.25) is 4.79 Å². The van der Waals surface area contributed by atoms with Crippen LogP contribution in [0.25, 0.3) is 0 Å². The van der Waals surface area contributed by atoms with Crippen LogP contribution in [0.3, 0.4) is 0 Å². The van der Waals surface area contributed by atoms with Crippen molar-refractivity contribution >= 4 is 41.0 Å². The average Bonchev–Trinajstić information content (AvgIpc) is 2.89. The van der Waals surface area contributed by atoms with E-state index in [0.717, 1.165) is 46.8 Å². The molecule has 35 heavy (non-hydrogen) atoms. The van der Waals surface area contributed by atoms with Crippen LogP contribution in [0.5, 0.6) is 5.75 Å². The molecule has 5 nitrogen and oxygen atoms in total. The molecule has 0 aliphatic rings. The number of aryl methyl sites for hydroxylation is 1. The second kappa shape index (κ2) is 13.8. The monoisotopic (exact) mass is 511 g/mol. The van der Waals surface area contributed by atoms with E-state index in [1.165, 1.54) is 0 Å². The van der Waals surface area contributed by atoms with Gasteiger partial charge in [-0.15, -0.1) is 23.2 Å². The molecule has 0 aliphatic heterocycles. The first-order valence-electron chi connectivity index (χ1n) is 11.5. The van der Waals surface area contributed by atoms with E-state index in [1.807, 2.05) is 73.7 Å². The molecule has 1 N–H and O–H groups in total. The number of hydrazone groups is 1. The number of hydrogen-bond donors (Lipinski definition) is 1. The van der Waals surface area contributed by atoms with Crippen LogP contribution < -0.4 is 15.1 Å². The smallest absolute Gasteiger partial charge is 0.247 e. The summed E-state index contributed by atoms with van der Waals surface area (Å²) in [4.78, 5) is 15.3. The molecule has 0 bridgehead atoms. The van der Waals surface area contributed by atoms with E-state index >= 15 is 0 Å². The van der Waals surface area contributed by atoms with Gasteiger partial charge in [0.2, 0.25) is 5.91 Å². The van der Waals surface area contributed by atoms with Gasteiger partial charge < -0.3 is 9.64 Å². The van der Waals surface area contributed by atoms with Gasteiger partial charge in [0, 0.05) is 30.5 Å². The maximum absolute atomic E-state index is 13.2. The highest BCUT2D eigenvalue weighted by Gasteiger charge is 2.21. The molecule has 3 aromatic rings. The fourth-order valence-electron chi connectivity index (χ4n) is 3.86. The van der Waals surface area contributed by atoms with Gasteiger partial charge in [-0.2, -0.15) is 5.10 Å². The SMILES string of the molecule is COc1ccc(CC(C(=O)N/N=C/c2ccc(N(CCCl)CCCl)cc2C)c2ccccc2)cc1. The van der Waals surface area contributed by atoms with Gasteiger partial charge in [-0.05, 0) is 59.9 Å². The van der Waals surface area contributed by atoms with Crippen molar-refractivity contribution < 1.29 is 9.53 Å². The Morgan fingerprint density at radius 3 is 2.31 bits per heavy atom. The van der Waals surface area contributed by atoms with Gasteiger partial charge >= 0.3 is 0 Å². The van der Waals surface area contributed by atoms with Crippen molar-refractivity contribution in [1.82, 2.24) is 5.43 Å². The highest BCUT2D eigenvalue weighted by atomic mass is 35.5. The van der Waals surface area contributed by atoms with Gasteiger partial charge in [0.25, 0.3) is 0 Å². The Hall–Kier alpha value is -3.02. The minimum atomic E-state index is -0.370. The van der Waals surface area contributed by atoms with E-state index < -0.39 is 0 Å². The number of carbonyl (C=O) groups excluding carboxylic acids is 1. The molecule has 0 aromatic heterocycles. The first-order chi connectivity index (χ1) is 17.0. The van der Waals surface area contributed by atoms with Crippen LogP contribution in [0.4, 0.5) is 5.69 Å². The fourth-order valence-corrected chi connectivity index (χ4v) is 4.27. The fraction of sp³-hybridized carbons (Fsp3) is 0.286. The Labute approximate surface area is 217 Å². The van der Waals surface area contributed by atoms with E-state index in [4.69, 9.17) is 27.9 Å². The molecule has 184 valence electrons. The molecule has 1 unspecified atom stereocenters. The molecule has 0 fully saturated rings. The molecular formula is C28H31Cl2N3O2. The number of anilines is 1. The number of hydrogen-bond acceptors (Lipinski definition) is 4. The van der Waals surface area contributed by atoms with E-state index in [2.05, 4.69) is 21.5 Å². The molecule has 7 heteroatoms. The van der Waals surface area contributed by atoms with Crippen LogP contribution in [-0.4, -0.2) is 44.1 Å². The number of carbonyl (C=O) groups is 1. The van der Waals surface area contributed by atoms with Crippen molar-refractivity contribution in [3.63, 3.8) is 0 Å². The number of rotatable bonds is 12. The number of methoxy groups -OCH3 is 1. The van der Waals surface area contributed by atoms with Crippen molar-refractivity contribution in [3.8, 4) is 5.75 Å². The molecule has 0 saturated carbocycles. The summed E-state index contributed by atoms with van der Waals surface area (Å²) in [6.07, 6.45) is 2.24. The normalized spacial score (nSPS) is 11.9. The van der Waals surface area contributed by atoms with E-state index in [0.29, 0.717) is 18.2 Å². The zero-order valence-electron chi connectivity index (χ0n) is 20.1. The van der Waals surface area contributed by atoms with E-state index in [-0.39, 0.29) is 11.8 Å². The van der Waals surface area contributed by atoms with E-state index in [1.54, 1.807) is 13.3 Å². The zero-order chi connectivity index (χ0) is 25.0. The summed E-state index contributed by atoms with van der Waals surface area (Å²) < 4.78 is 5.24. The summed E-state index contributed by atoms with van der Waals surface area (Å²) in [5.74, 6) is 1.32. The Morgan fingerprint density at radius 2 is 1.71 bits per heavy atom. The third-order valence-corrected chi connectivity index (χ3v) is 6.16. The lowest BCUT2D eigenvalue weighted by Crippen LogP contribution is -2.27. The van der Waals surface area contributed by atoms with E-state index in [9.17, 15) is 4.79 Å². The minimum Gasteiger partial charge on any atom is -0.497 e. The summed E-state index contributed by atoms with van der Waals surface area (Å²) in [5, 5.41) is 4.26. The Bertz CT molecular complexity index is 1100. The quantitative estimate of drug-likeness (QED) is 0.191. The second-order valence-electron chi connectivity index (χ2n) is 8.16. The number of nitrogens with zero attached hydrogens (tertiary/aromatic N) is 2. The molecule has 0 radical (unpaired) electrons. The number of benzene rings is 3. The second-order valence-corrected chi connectivity index (χ2v) is 8.91. The minimum absolute atomic E-state index is 0.159. The topological polar surface area (TPSA) is 53.9 Å². The molecule has 3 aromatic carbocycles. The van der Waals surface area contributed by atoms with Crippen molar-refractivity contribution in [2.45, 2.75) is 19.3 Å². The predicted octanol–water partition coefficient (Wildman–Crippen LogP) is 5.76. The molecule has 1 amide bonds. The summed E-state index contributed by atoms with van der Waals surface area (Å²) in [6, 6.07) is 23.6. The number of amides is 1. The molecule has 0 saturated heterocycles. The molecule has 0 heterocycles. The van der Waals surface area contributed by atoms with Crippen LogP contribution in [0, 0.1) is 6.92 Å². The summed E-state index contributed by atoms with van der Waals surface area (Å²) in [6.45, 7) is 3.47. The zero-order valence-corrected chi connectivity index (χ0v) is 21.6. The van der Waals surface area contributed by atoms with Crippen LogP contribution in [0.15, 0.2) is 77.9 Å². The van der Waals surface area contributed by atoms with Crippen LogP contribution in [-0.2, 0) is 11.2 Å². The van der Waals surface area contributed by atoms with Gasteiger partial charge in [0.15, 0.2) is 0 Å². The first-order valence-corrected chi connectivity index (χ1v) is 12.6. The third-order valence-electron chi connectivity index (χ3n) is 5.82. The van der Waals surface area contributed by atoms with Crippen molar-refractivity contribution in [2.75, 3.05) is 36.9 Å². The highest BCUT2D eigenvalue weighted by molar-refractivity contribution is 6.18. The lowest BCUT2D eigenvalue weighted by atomic mass is 9.91. The third kappa shape index (κ3) is 7.74. The van der Waals surface area contributed by atoms with Gasteiger partial charge in [0.05, 0.1) is 19.2 Å². The summed E-state index contributed by atoms with van der Waals surface area (Å²) in [5.41, 5.74) is 7.76. The van der Waals surface area contributed by atoms with Crippen LogP contribution >= 0.6 is 23.2 Å². The Morgan fingerprint density at radius 1 is 1.03 bits per heavy atom. The van der Waals surface area contributed by atoms with Crippen molar-refractivity contribution in [3.05, 3.63) is 95.1 Å². The standard InChI is InChI=1S/C28H31Cl2N3O2/c1-21-18-25(33(16-14-29)17-15-30)11-10-24(21)20-31-32-28(34)27(23-6-4-3-5-7-23)19-22-8-12-26(35-2)13-9-22/h3-13,18,20,27H,14-17,19H2,1-2H3,(H,32,34)/b31-20+. The molecule has 0 spiro atoms. The lowest BCUT2D eigenvalue weighted by molar-refractivity contribution is -0.122. The number of nitrogens with one attached hydrogen (secondary N) is 1. The van der Waals surface area contributed by atoms with Crippen molar-refractivity contribution in [1.29, 1.82) is 0 Å². The molecule has 0 aliphatic carbocycles. The Kier molecular flexibility index (Phi) is 10.5. The molecular weight excluding hydrogens is 481 g/mol. The highest BCUT2D eigenvalue weighted by Crippen LogP contribution is 2.23. The Balaban J connectivity index is 1.72. The largest absolute Gasteiger partial charge is 0.497 e. The molecule has 1 atom stereocenters. The maximum atomic E-state index is 13.2. The van der Waals surface area contributed by atoms with Gasteiger partial charge in [-0.25, -0.2) is 5.43 Å². The van der Waals surface area contributed by atoms with Gasteiger partial charge in [-0.1, -0.05) is 48.5 Å².